The number of fused-ring (bicyclic) bond motifs is 5. The van der Waals surface area contributed by atoms with Crippen LogP contribution in [0, 0.1) is 25.8 Å². The maximum absolute atomic E-state index is 7.76. The van der Waals surface area contributed by atoms with E-state index < -0.39 is 13.7 Å². The first-order chi connectivity index (χ1) is 26.3. The molecule has 0 saturated heterocycles. The second-order valence-corrected chi connectivity index (χ2v) is 15.4. The van der Waals surface area contributed by atoms with E-state index in [-0.39, 0.29) is 42.1 Å². The third kappa shape index (κ3) is 7.46. The predicted molar refractivity (Wildman–Crippen MR) is 210 cm³/mol. The summed E-state index contributed by atoms with van der Waals surface area (Å²) in [4.78, 5) is 13.9. The quantitative estimate of drug-likeness (QED) is 0.166. The van der Waals surface area contributed by atoms with Gasteiger partial charge >= 0.3 is 0 Å². The first-order valence-corrected chi connectivity index (χ1v) is 17.3. The van der Waals surface area contributed by atoms with E-state index in [1.165, 1.54) is 23.9 Å². The molecule has 8 rings (SSSR count). The van der Waals surface area contributed by atoms with Gasteiger partial charge in [-0.05, 0) is 58.0 Å². The largest absolute Gasteiger partial charge is 0.498 e. The molecule has 259 valence electrons. The Morgan fingerprint density at radius 2 is 1.57 bits per heavy atom. The molecule has 6 heteroatoms. The first kappa shape index (κ1) is 29.1. The molecule has 8 aromatic rings. The van der Waals surface area contributed by atoms with Crippen molar-refractivity contribution in [1.82, 2.24) is 15.0 Å². The number of thiazole rings is 1. The van der Waals surface area contributed by atoms with Crippen LogP contribution in [-0.4, -0.2) is 15.0 Å². The molecule has 0 N–H and O–H groups in total. The third-order valence-corrected chi connectivity index (χ3v) is 10.0. The predicted octanol–water partition coefficient (Wildman–Crippen LogP) is 12.5. The minimum absolute atomic E-state index is 0. The van der Waals surface area contributed by atoms with Crippen LogP contribution in [0.15, 0.2) is 108 Å². The van der Waals surface area contributed by atoms with Gasteiger partial charge in [-0.15, -0.1) is 64.9 Å². The average Bonchev–Trinajstić information content (AvgIpc) is 3.77. The Bertz CT molecular complexity index is 2690. The van der Waals surface area contributed by atoms with Crippen LogP contribution in [0.1, 0.15) is 71.5 Å². The van der Waals surface area contributed by atoms with Crippen LogP contribution < -0.4 is 0 Å². The molecule has 0 spiro atoms. The number of hydrogen-bond donors (Lipinski definition) is 0. The Morgan fingerprint density at radius 1 is 0.765 bits per heavy atom. The Hall–Kier alpha value is -4.48. The fourth-order valence-electron chi connectivity index (χ4n) is 5.78. The Kier molecular flexibility index (Phi) is 8.15. The van der Waals surface area contributed by atoms with Crippen LogP contribution in [0.5, 0.6) is 0 Å². The minimum atomic E-state index is -2.29. The number of rotatable bonds is 3. The molecule has 0 saturated carbocycles. The van der Waals surface area contributed by atoms with Crippen LogP contribution in [0.2, 0.25) is 0 Å². The van der Waals surface area contributed by atoms with Crippen molar-refractivity contribution in [3.8, 4) is 33.6 Å². The van der Waals surface area contributed by atoms with Gasteiger partial charge in [-0.1, -0.05) is 108 Å². The first-order valence-electron chi connectivity index (χ1n) is 19.5. The molecule has 0 atom stereocenters. The Morgan fingerprint density at radius 3 is 2.27 bits per heavy atom. The number of benzene rings is 4. The van der Waals surface area contributed by atoms with Crippen molar-refractivity contribution in [3.05, 3.63) is 137 Å². The number of nitrogens with zero attached hydrogens (tertiary/aromatic N) is 3. The normalized spacial score (nSPS) is 14.0. The van der Waals surface area contributed by atoms with Crippen molar-refractivity contribution < 1.29 is 32.7 Å². The molecule has 0 aliphatic carbocycles. The van der Waals surface area contributed by atoms with Crippen LogP contribution >= 0.6 is 11.3 Å². The van der Waals surface area contributed by atoms with Gasteiger partial charge in [0, 0.05) is 51.5 Å². The van der Waals surface area contributed by atoms with Gasteiger partial charge in [0.1, 0.15) is 11.1 Å². The van der Waals surface area contributed by atoms with Gasteiger partial charge in [-0.25, -0.2) is 4.98 Å². The molecule has 0 bridgehead atoms. The molecule has 0 fully saturated rings. The minimum Gasteiger partial charge on any atom is -0.498 e. The molecule has 0 aliphatic heterocycles. The smallest absolute Gasteiger partial charge is 0.148 e. The summed E-state index contributed by atoms with van der Waals surface area (Å²) >= 11 is 1.74. The summed E-state index contributed by atoms with van der Waals surface area (Å²) < 4.78 is 53.2. The summed E-state index contributed by atoms with van der Waals surface area (Å²) in [6, 6.07) is 34.4. The van der Waals surface area contributed by atoms with Crippen LogP contribution in [0.3, 0.4) is 0 Å². The summed E-state index contributed by atoms with van der Waals surface area (Å²) in [5, 5.41) is 3.29. The standard InChI is InChI=1S/C26H25N2OS.C19H16N.Ir/c1-25(2,3)15-12-13-27-19(14-15)18-9-7-8-16-17-10-11-20-21(23(17)29-22(16)18)28-24(30-20)26(4,5)6;1-14-8-10-17(11-9-14)19-12-18(15(2)13-20-19)16-6-4-3-5-7-16;/h7-8,10-14H,1-6H3;3-10,12-13H,1-2H3;/q2*-1;/i;1D3,2D3;. The zero-order valence-electron chi connectivity index (χ0n) is 35.3. The summed E-state index contributed by atoms with van der Waals surface area (Å²) in [5.41, 5.74) is 8.57. The van der Waals surface area contributed by atoms with Crippen LogP contribution in [0.25, 0.3) is 65.8 Å². The van der Waals surface area contributed by atoms with E-state index in [1.54, 1.807) is 23.5 Å². The third-order valence-electron chi connectivity index (χ3n) is 8.56. The topological polar surface area (TPSA) is 51.8 Å². The van der Waals surface area contributed by atoms with Crippen molar-refractivity contribution >= 4 is 43.5 Å². The van der Waals surface area contributed by atoms with Gasteiger partial charge < -0.3 is 14.4 Å². The van der Waals surface area contributed by atoms with E-state index in [9.17, 15) is 0 Å². The second-order valence-electron chi connectivity index (χ2n) is 14.4. The molecule has 1 radical (unpaired) electrons. The fourth-order valence-corrected chi connectivity index (χ4v) is 6.80. The molecule has 4 aromatic carbocycles. The molecular formula is C45H41IrN3OS-2. The van der Waals surface area contributed by atoms with Crippen LogP contribution in [-0.2, 0) is 30.9 Å². The van der Waals surface area contributed by atoms with Crippen molar-refractivity contribution in [3.63, 3.8) is 0 Å². The number of aryl methyl sites for hydroxylation is 2. The summed E-state index contributed by atoms with van der Waals surface area (Å²) in [5.74, 6) is 0. The van der Waals surface area contributed by atoms with E-state index in [2.05, 4.69) is 94.0 Å². The van der Waals surface area contributed by atoms with Gasteiger partial charge in [0.05, 0.1) is 15.3 Å². The maximum atomic E-state index is 7.76. The van der Waals surface area contributed by atoms with Gasteiger partial charge in [-0.3, -0.25) is 0 Å². The summed E-state index contributed by atoms with van der Waals surface area (Å²) in [6.07, 6.45) is 3.23. The summed E-state index contributed by atoms with van der Waals surface area (Å²) in [7, 11) is 0. The second kappa shape index (κ2) is 14.3. The molecular weight excluding hydrogens is 823 g/mol. The van der Waals surface area contributed by atoms with Gasteiger partial charge in [-0.2, -0.15) is 0 Å². The van der Waals surface area contributed by atoms with Crippen molar-refractivity contribution in [2.75, 3.05) is 0 Å². The van der Waals surface area contributed by atoms with E-state index in [1.807, 2.05) is 42.6 Å². The Labute approximate surface area is 326 Å². The average molecular weight is 870 g/mol. The number of pyridine rings is 2. The number of hydrogen-bond acceptors (Lipinski definition) is 5. The molecule has 0 aliphatic rings. The molecule has 4 heterocycles. The zero-order valence-corrected chi connectivity index (χ0v) is 32.5. The molecule has 51 heavy (non-hydrogen) atoms. The number of aromatic nitrogens is 3. The van der Waals surface area contributed by atoms with Crippen molar-refractivity contribution in [1.29, 1.82) is 0 Å². The van der Waals surface area contributed by atoms with Crippen molar-refractivity contribution in [2.45, 2.75) is 66.1 Å². The molecule has 0 amide bonds. The van der Waals surface area contributed by atoms with E-state index in [0.29, 0.717) is 16.8 Å². The van der Waals surface area contributed by atoms with Gasteiger partial charge in [0.2, 0.25) is 0 Å². The monoisotopic (exact) mass is 870 g/mol. The molecule has 0 unspecified atom stereocenters. The fraction of sp³-hybridized carbons (Fsp3) is 0.222. The molecule has 4 nitrogen and oxygen atoms in total. The summed E-state index contributed by atoms with van der Waals surface area (Å²) in [6.45, 7) is 8.74. The Balaban J connectivity index is 0.000000192. The maximum Gasteiger partial charge on any atom is 0.148 e. The van der Waals surface area contributed by atoms with Gasteiger partial charge in [0.15, 0.2) is 0 Å². The van der Waals surface area contributed by atoms with E-state index >= 15 is 0 Å². The van der Waals surface area contributed by atoms with E-state index in [4.69, 9.17) is 17.6 Å². The van der Waals surface area contributed by atoms with E-state index in [0.717, 1.165) is 54.0 Å². The zero-order chi connectivity index (χ0) is 40.2. The number of furan rings is 1. The van der Waals surface area contributed by atoms with Gasteiger partial charge in [0.25, 0.3) is 0 Å². The van der Waals surface area contributed by atoms with Crippen LogP contribution in [0.4, 0.5) is 0 Å². The SMILES string of the molecule is CC(C)(C)c1ccnc(-c2[c-]ccc3c2oc2c3ccc3sc(C(C)(C)C)nc32)c1.[2H]C([2H])([2H])c1c[c-]c(-c2cc(-c3ccccc3)c(C([2H])([2H])[2H])cn2)cc1.[Ir]. The molecule has 4 aromatic heterocycles. The van der Waals surface area contributed by atoms with Crippen molar-refractivity contribution in [2.24, 2.45) is 0 Å².